The number of hydrogen-bond acceptors (Lipinski definition) is 1. The lowest BCUT2D eigenvalue weighted by atomic mass is 9.84. The van der Waals surface area contributed by atoms with E-state index in [2.05, 4.69) is 237 Å². The lowest BCUT2D eigenvalue weighted by molar-refractivity contribution is 0.590. The van der Waals surface area contributed by atoms with Gasteiger partial charge in [-0.15, -0.1) is 0 Å². The molecule has 9 aromatic carbocycles. The van der Waals surface area contributed by atoms with Gasteiger partial charge in [-0.1, -0.05) is 145 Å². The first-order valence-electron chi connectivity index (χ1n) is 23.6. The van der Waals surface area contributed by atoms with Crippen molar-refractivity contribution in [3.05, 3.63) is 193 Å². The average Bonchev–Trinajstić information content (AvgIpc) is 4.06. The van der Waals surface area contributed by atoms with Crippen molar-refractivity contribution in [3.8, 4) is 22.5 Å². The summed E-state index contributed by atoms with van der Waals surface area (Å²) >= 11 is 0. The zero-order valence-electron chi connectivity index (χ0n) is 38.6. The van der Waals surface area contributed by atoms with E-state index in [4.69, 9.17) is 4.98 Å². The maximum absolute atomic E-state index is 5.59. The smallest absolute Gasteiger partial charge is 0.146 e. The van der Waals surface area contributed by atoms with Gasteiger partial charge < -0.3 is 9.13 Å². The highest BCUT2D eigenvalue weighted by atomic mass is 15.0. The molecule has 67 heavy (non-hydrogen) atoms. The molecule has 0 unspecified atom stereocenters. The third-order valence-electron chi connectivity index (χ3n) is 14.9. The summed E-state index contributed by atoms with van der Waals surface area (Å²) in [5, 5.41) is 15.0. The van der Waals surface area contributed by atoms with Gasteiger partial charge in [0.2, 0.25) is 0 Å². The molecule has 4 heteroatoms. The van der Waals surface area contributed by atoms with Gasteiger partial charge in [-0.05, 0) is 122 Å². The van der Waals surface area contributed by atoms with Crippen LogP contribution in [0.1, 0.15) is 52.7 Å². The molecular formula is C63H48N4. The predicted molar refractivity (Wildman–Crippen MR) is 285 cm³/mol. The first kappa shape index (κ1) is 38.3. The fourth-order valence-electron chi connectivity index (χ4n) is 11.5. The highest BCUT2D eigenvalue weighted by Crippen LogP contribution is 2.49. The van der Waals surface area contributed by atoms with Crippen molar-refractivity contribution in [1.29, 1.82) is 0 Å². The van der Waals surface area contributed by atoms with E-state index in [-0.39, 0.29) is 10.8 Å². The summed E-state index contributed by atoms with van der Waals surface area (Å²) in [4.78, 5) is 5.59. The highest BCUT2D eigenvalue weighted by molar-refractivity contribution is 6.38. The van der Waals surface area contributed by atoms with Crippen LogP contribution in [-0.2, 0) is 10.8 Å². The Morgan fingerprint density at radius 2 is 1.00 bits per heavy atom. The summed E-state index contributed by atoms with van der Waals surface area (Å²) in [6.07, 6.45) is 2.16. The van der Waals surface area contributed by atoms with E-state index in [1.165, 1.54) is 114 Å². The largest absolute Gasteiger partial charge is 0.309 e. The molecule has 0 fully saturated rings. The molecule has 14 rings (SSSR count). The van der Waals surface area contributed by atoms with Crippen LogP contribution in [0.3, 0.4) is 0 Å². The number of para-hydroxylation sites is 2. The molecule has 4 nitrogen and oxygen atoms in total. The standard InChI is InChI=1S/C63H48N4/c1-62(2,3)41-25-28-52(46(34-41)40-24-27-53-47(31-40)45-22-14-15-23-51(45)65(53)43-19-8-7-9-20-43)66-54-29-26-42(63(4,5)6)35-50(54)57-56(66)36-64-61-59(57)58-44-21-13-12-18-39(44)32-49-48-30-37-16-10-11-17-38(37)33-55(48)67(61)60(49)58/h7-36H,1-6H3. The van der Waals surface area contributed by atoms with Crippen LogP contribution in [0.2, 0.25) is 0 Å². The van der Waals surface area contributed by atoms with Gasteiger partial charge in [0.1, 0.15) is 5.65 Å². The third kappa shape index (κ3) is 5.33. The van der Waals surface area contributed by atoms with Crippen LogP contribution in [0, 0.1) is 0 Å². The molecule has 0 aliphatic rings. The molecule has 320 valence electrons. The van der Waals surface area contributed by atoms with Gasteiger partial charge >= 0.3 is 0 Å². The van der Waals surface area contributed by atoms with E-state index < -0.39 is 0 Å². The molecule has 0 amide bonds. The number of benzene rings is 9. The van der Waals surface area contributed by atoms with Crippen LogP contribution in [-0.4, -0.2) is 18.5 Å². The second kappa shape index (κ2) is 13.3. The number of nitrogens with zero attached hydrogens (tertiary/aromatic N) is 4. The second-order valence-electron chi connectivity index (χ2n) is 20.9. The van der Waals surface area contributed by atoms with E-state index in [1.807, 2.05) is 0 Å². The van der Waals surface area contributed by atoms with E-state index >= 15 is 0 Å². The summed E-state index contributed by atoms with van der Waals surface area (Å²) in [6.45, 7) is 13.9. The molecule has 0 atom stereocenters. The molecule has 0 N–H and O–H groups in total. The fourth-order valence-corrected chi connectivity index (χ4v) is 11.5. The minimum atomic E-state index is -0.0627. The van der Waals surface area contributed by atoms with Crippen molar-refractivity contribution in [2.45, 2.75) is 52.4 Å². The van der Waals surface area contributed by atoms with Crippen LogP contribution < -0.4 is 0 Å². The molecule has 0 bridgehead atoms. The average molecular weight is 861 g/mol. The molecule has 14 aromatic rings. The van der Waals surface area contributed by atoms with Crippen LogP contribution in [0.5, 0.6) is 0 Å². The Morgan fingerprint density at radius 1 is 0.388 bits per heavy atom. The van der Waals surface area contributed by atoms with E-state index in [0.717, 1.165) is 22.5 Å². The van der Waals surface area contributed by atoms with Crippen LogP contribution in [0.4, 0.5) is 0 Å². The molecule has 0 saturated carbocycles. The molecule has 0 aliphatic carbocycles. The zero-order valence-corrected chi connectivity index (χ0v) is 38.6. The zero-order chi connectivity index (χ0) is 45.1. The van der Waals surface area contributed by atoms with Gasteiger partial charge in [0.25, 0.3) is 0 Å². The first-order valence-corrected chi connectivity index (χ1v) is 23.6. The molecule has 5 aromatic heterocycles. The van der Waals surface area contributed by atoms with Crippen molar-refractivity contribution in [3.63, 3.8) is 0 Å². The lowest BCUT2D eigenvalue weighted by Crippen LogP contribution is -2.12. The first-order chi connectivity index (χ1) is 32.5. The number of hydrogen-bond donors (Lipinski definition) is 0. The Bertz CT molecular complexity index is 4390. The fraction of sp³-hybridized carbons (Fsp3) is 0.127. The normalized spacial score (nSPS) is 12.9. The summed E-state index contributed by atoms with van der Waals surface area (Å²) in [7, 11) is 0. The maximum atomic E-state index is 5.59. The Balaban J connectivity index is 1.13. The highest BCUT2D eigenvalue weighted by Gasteiger charge is 2.28. The Labute approximate surface area is 388 Å². The van der Waals surface area contributed by atoms with Crippen LogP contribution in [0.25, 0.3) is 126 Å². The Kier molecular flexibility index (Phi) is 7.63. The van der Waals surface area contributed by atoms with E-state index in [1.54, 1.807) is 0 Å². The predicted octanol–water partition coefficient (Wildman–Crippen LogP) is 17.0. The minimum Gasteiger partial charge on any atom is -0.309 e. The van der Waals surface area contributed by atoms with Crippen LogP contribution in [0.15, 0.2) is 182 Å². The summed E-state index contributed by atoms with van der Waals surface area (Å²) < 4.78 is 7.39. The molecular weight excluding hydrogens is 813 g/mol. The third-order valence-corrected chi connectivity index (χ3v) is 14.9. The number of aromatic nitrogens is 4. The van der Waals surface area contributed by atoms with Crippen molar-refractivity contribution >= 4 is 103 Å². The van der Waals surface area contributed by atoms with Crippen molar-refractivity contribution in [1.82, 2.24) is 18.5 Å². The molecule has 0 spiro atoms. The summed E-state index contributed by atoms with van der Waals surface area (Å²) in [6, 6.07) is 65.9. The van der Waals surface area contributed by atoms with E-state index in [0.29, 0.717) is 0 Å². The summed E-state index contributed by atoms with van der Waals surface area (Å²) in [5.74, 6) is 0. The molecule has 5 heterocycles. The lowest BCUT2D eigenvalue weighted by Gasteiger charge is -2.23. The summed E-state index contributed by atoms with van der Waals surface area (Å²) in [5.41, 5.74) is 15.3. The minimum absolute atomic E-state index is 0.0537. The number of pyridine rings is 1. The van der Waals surface area contributed by atoms with Crippen molar-refractivity contribution in [2.24, 2.45) is 0 Å². The van der Waals surface area contributed by atoms with Gasteiger partial charge in [0.15, 0.2) is 0 Å². The number of fused-ring (bicyclic) bond motifs is 16. The maximum Gasteiger partial charge on any atom is 0.146 e. The van der Waals surface area contributed by atoms with Crippen molar-refractivity contribution < 1.29 is 0 Å². The Morgan fingerprint density at radius 3 is 1.79 bits per heavy atom. The van der Waals surface area contributed by atoms with Gasteiger partial charge in [-0.25, -0.2) is 4.98 Å². The van der Waals surface area contributed by atoms with Gasteiger partial charge in [0, 0.05) is 54.3 Å². The Hall–Kier alpha value is -7.95. The molecule has 0 aliphatic heterocycles. The van der Waals surface area contributed by atoms with Gasteiger partial charge in [0.05, 0.1) is 45.0 Å². The van der Waals surface area contributed by atoms with Crippen LogP contribution >= 0.6 is 0 Å². The van der Waals surface area contributed by atoms with E-state index in [9.17, 15) is 0 Å². The molecule has 0 radical (unpaired) electrons. The quantitative estimate of drug-likeness (QED) is 0.174. The monoisotopic (exact) mass is 860 g/mol. The SMILES string of the molecule is CC(C)(C)c1ccc(-n2c3ccc(C(C)(C)C)cc3c3c4c5c6ccccc6cc6c7cc8ccccc8cc7n(c4ncc32)c65)c(-c2ccc3c(c2)c2ccccc2n3-c2ccccc2)c1. The molecule has 0 saturated heterocycles. The van der Waals surface area contributed by atoms with Gasteiger partial charge in [-0.3, -0.25) is 4.40 Å². The second-order valence-corrected chi connectivity index (χ2v) is 20.9. The topological polar surface area (TPSA) is 27.2 Å². The van der Waals surface area contributed by atoms with Gasteiger partial charge in [-0.2, -0.15) is 0 Å². The number of rotatable bonds is 3. The van der Waals surface area contributed by atoms with Crippen molar-refractivity contribution in [2.75, 3.05) is 0 Å².